The average molecular weight is 217 g/mol. The number of rotatable bonds is 6. The van der Waals surface area contributed by atoms with Crippen LogP contribution in [0.5, 0.6) is 0 Å². The molecule has 0 aromatic rings. The fourth-order valence-corrected chi connectivity index (χ4v) is 0.794. The molecule has 4 N–H and O–H groups in total. The van der Waals surface area contributed by atoms with Gasteiger partial charge in [-0.1, -0.05) is 0 Å². The fourth-order valence-electron chi connectivity index (χ4n) is 0.794. The van der Waals surface area contributed by atoms with Crippen molar-refractivity contribution in [2.75, 3.05) is 19.6 Å². The van der Waals surface area contributed by atoms with Crippen LogP contribution in [0.2, 0.25) is 0 Å². The lowest BCUT2D eigenvalue weighted by atomic mass is 10.4. The molecule has 0 aliphatic carbocycles. The second-order valence-electron chi connectivity index (χ2n) is 2.71. The molecule has 0 fully saturated rings. The van der Waals surface area contributed by atoms with Crippen molar-refractivity contribution >= 4 is 17.9 Å². The van der Waals surface area contributed by atoms with E-state index in [9.17, 15) is 14.4 Å². The summed E-state index contributed by atoms with van der Waals surface area (Å²) in [5.41, 5.74) is 0. The van der Waals surface area contributed by atoms with Crippen LogP contribution >= 0.6 is 0 Å². The maximum atomic E-state index is 10.9. The Morgan fingerprint density at radius 1 is 1.13 bits per heavy atom. The minimum absolute atomic E-state index is 0.156. The van der Waals surface area contributed by atoms with Crippen LogP contribution in [-0.2, 0) is 9.59 Å². The van der Waals surface area contributed by atoms with Gasteiger partial charge >= 0.3 is 12.0 Å². The first-order chi connectivity index (χ1) is 7.06. The third kappa shape index (κ3) is 8.54. The molecule has 0 spiro atoms. The van der Waals surface area contributed by atoms with Crippen LogP contribution in [0.4, 0.5) is 4.79 Å². The molecule has 0 saturated heterocycles. The van der Waals surface area contributed by atoms with Crippen LogP contribution in [0.3, 0.4) is 0 Å². The van der Waals surface area contributed by atoms with E-state index in [0.717, 1.165) is 0 Å². The first kappa shape index (κ1) is 13.2. The van der Waals surface area contributed by atoms with Crippen LogP contribution in [0.25, 0.3) is 0 Å². The molecule has 0 aliphatic rings. The zero-order valence-corrected chi connectivity index (χ0v) is 8.50. The summed E-state index contributed by atoms with van der Waals surface area (Å²) in [6.07, 6.45) is 0.175. The van der Waals surface area contributed by atoms with Crippen LogP contribution in [0, 0.1) is 0 Å². The van der Waals surface area contributed by atoms with E-state index in [0.29, 0.717) is 6.54 Å². The molecule has 86 valence electrons. The lowest BCUT2D eigenvalue weighted by molar-refractivity contribution is -0.135. The lowest BCUT2D eigenvalue weighted by Crippen LogP contribution is -2.40. The number of aliphatic carboxylic acids is 1. The lowest BCUT2D eigenvalue weighted by Gasteiger charge is -2.05. The molecule has 0 aromatic carbocycles. The molecule has 0 aromatic heterocycles. The van der Waals surface area contributed by atoms with Gasteiger partial charge in [0.1, 0.15) is 6.54 Å². The molecule has 0 bridgehead atoms. The Kier molecular flexibility index (Phi) is 6.69. The number of carboxylic acid groups (broad SMARTS) is 1. The minimum atomic E-state index is -1.12. The van der Waals surface area contributed by atoms with E-state index in [2.05, 4.69) is 16.0 Å². The summed E-state index contributed by atoms with van der Waals surface area (Å²) in [5, 5.41) is 15.3. The van der Waals surface area contributed by atoms with Gasteiger partial charge in [-0.2, -0.15) is 0 Å². The third-order valence-electron chi connectivity index (χ3n) is 1.41. The van der Waals surface area contributed by atoms with Gasteiger partial charge in [0.05, 0.1) is 0 Å². The Hall–Kier alpha value is -1.79. The summed E-state index contributed by atoms with van der Waals surface area (Å²) in [7, 11) is 0. The van der Waals surface area contributed by atoms with Gasteiger partial charge < -0.3 is 21.1 Å². The maximum absolute atomic E-state index is 10.9. The SMILES string of the molecule is CCNC(=O)CCNC(=O)NCC(=O)O. The number of carbonyl (C=O) groups excluding carboxylic acids is 2. The number of nitrogens with one attached hydrogen (secondary N) is 3. The van der Waals surface area contributed by atoms with Crippen molar-refractivity contribution in [3.63, 3.8) is 0 Å². The summed E-state index contributed by atoms with van der Waals surface area (Å²) in [6, 6.07) is -0.596. The molecular formula is C8H15N3O4. The van der Waals surface area contributed by atoms with Gasteiger partial charge in [-0.05, 0) is 6.92 Å². The Labute approximate surface area is 87.2 Å². The predicted molar refractivity (Wildman–Crippen MR) is 52.3 cm³/mol. The fraction of sp³-hybridized carbons (Fsp3) is 0.625. The number of hydrogen-bond donors (Lipinski definition) is 4. The molecule has 0 radical (unpaired) electrons. The molecule has 15 heavy (non-hydrogen) atoms. The normalized spacial score (nSPS) is 9.13. The van der Waals surface area contributed by atoms with E-state index < -0.39 is 18.5 Å². The zero-order valence-electron chi connectivity index (χ0n) is 8.50. The van der Waals surface area contributed by atoms with E-state index in [-0.39, 0.29) is 18.9 Å². The molecule has 0 aliphatic heterocycles. The highest BCUT2D eigenvalue weighted by Gasteiger charge is 2.03. The second kappa shape index (κ2) is 7.60. The first-order valence-electron chi connectivity index (χ1n) is 4.56. The standard InChI is InChI=1S/C8H15N3O4/c1-2-9-6(12)3-4-10-8(15)11-5-7(13)14/h2-5H2,1H3,(H,9,12)(H,13,14)(H2,10,11,15). The predicted octanol–water partition coefficient (Wildman–Crippen LogP) is -1.10. The summed E-state index contributed by atoms with van der Waals surface area (Å²) < 4.78 is 0. The zero-order chi connectivity index (χ0) is 11.7. The highest BCUT2D eigenvalue weighted by molar-refractivity contribution is 5.80. The maximum Gasteiger partial charge on any atom is 0.323 e. The van der Waals surface area contributed by atoms with Crippen molar-refractivity contribution < 1.29 is 19.5 Å². The monoisotopic (exact) mass is 217 g/mol. The smallest absolute Gasteiger partial charge is 0.323 e. The van der Waals surface area contributed by atoms with Crippen molar-refractivity contribution in [1.82, 2.24) is 16.0 Å². The van der Waals surface area contributed by atoms with E-state index >= 15 is 0 Å². The van der Waals surface area contributed by atoms with Crippen LogP contribution in [-0.4, -0.2) is 42.6 Å². The van der Waals surface area contributed by atoms with Gasteiger partial charge in [-0.15, -0.1) is 0 Å². The van der Waals surface area contributed by atoms with Crippen LogP contribution in [0.1, 0.15) is 13.3 Å². The summed E-state index contributed by atoms with van der Waals surface area (Å²) >= 11 is 0. The molecule has 3 amide bonds. The first-order valence-corrected chi connectivity index (χ1v) is 4.56. The number of hydrogen-bond acceptors (Lipinski definition) is 3. The van der Waals surface area contributed by atoms with Gasteiger partial charge in [-0.25, -0.2) is 4.79 Å². The van der Waals surface area contributed by atoms with Gasteiger partial charge in [0.15, 0.2) is 0 Å². The minimum Gasteiger partial charge on any atom is -0.480 e. The summed E-state index contributed by atoms with van der Waals surface area (Å²) in [5.74, 6) is -1.27. The Bertz CT molecular complexity index is 242. The molecule has 0 rings (SSSR count). The number of amides is 3. The highest BCUT2D eigenvalue weighted by atomic mass is 16.4. The van der Waals surface area contributed by atoms with Crippen molar-refractivity contribution in [1.29, 1.82) is 0 Å². The van der Waals surface area contributed by atoms with Gasteiger partial charge in [0, 0.05) is 19.5 Å². The van der Waals surface area contributed by atoms with E-state index in [1.807, 2.05) is 0 Å². The van der Waals surface area contributed by atoms with Crippen LogP contribution in [0.15, 0.2) is 0 Å². The summed E-state index contributed by atoms with van der Waals surface area (Å²) in [4.78, 5) is 31.8. The largest absolute Gasteiger partial charge is 0.480 e. The Balaban J connectivity index is 3.46. The number of urea groups is 1. The summed E-state index contributed by atoms with van der Waals surface area (Å²) in [6.45, 7) is 2.08. The van der Waals surface area contributed by atoms with Crippen molar-refractivity contribution in [2.24, 2.45) is 0 Å². The average Bonchev–Trinajstić information content (AvgIpc) is 2.15. The third-order valence-corrected chi connectivity index (χ3v) is 1.41. The second-order valence-corrected chi connectivity index (χ2v) is 2.71. The number of carboxylic acids is 1. The van der Waals surface area contributed by atoms with Crippen molar-refractivity contribution in [3.05, 3.63) is 0 Å². The van der Waals surface area contributed by atoms with E-state index in [1.165, 1.54) is 0 Å². The Morgan fingerprint density at radius 3 is 2.33 bits per heavy atom. The Morgan fingerprint density at radius 2 is 1.80 bits per heavy atom. The van der Waals surface area contributed by atoms with E-state index in [4.69, 9.17) is 5.11 Å². The quantitative estimate of drug-likeness (QED) is 0.452. The number of carbonyl (C=O) groups is 3. The van der Waals surface area contributed by atoms with Crippen LogP contribution < -0.4 is 16.0 Å². The van der Waals surface area contributed by atoms with E-state index in [1.54, 1.807) is 6.92 Å². The topological polar surface area (TPSA) is 108 Å². The molecule has 0 heterocycles. The van der Waals surface area contributed by atoms with Gasteiger partial charge in [0.2, 0.25) is 5.91 Å². The molecular weight excluding hydrogens is 202 g/mol. The molecule has 7 nitrogen and oxygen atoms in total. The molecule has 0 unspecified atom stereocenters. The van der Waals surface area contributed by atoms with Crippen molar-refractivity contribution in [2.45, 2.75) is 13.3 Å². The highest BCUT2D eigenvalue weighted by Crippen LogP contribution is 1.77. The molecule has 0 atom stereocenters. The van der Waals surface area contributed by atoms with Crippen molar-refractivity contribution in [3.8, 4) is 0 Å². The molecule has 7 heteroatoms. The molecule has 0 saturated carbocycles. The van der Waals surface area contributed by atoms with Gasteiger partial charge in [-0.3, -0.25) is 9.59 Å². The van der Waals surface area contributed by atoms with Gasteiger partial charge in [0.25, 0.3) is 0 Å².